The fourth-order valence-corrected chi connectivity index (χ4v) is 3.78. The van der Waals surface area contributed by atoms with Crippen LogP contribution in [0, 0.1) is 11.7 Å². The summed E-state index contributed by atoms with van der Waals surface area (Å²) in [7, 11) is 0. The van der Waals surface area contributed by atoms with Crippen LogP contribution in [0.4, 0.5) is 9.18 Å². The van der Waals surface area contributed by atoms with Gasteiger partial charge in [0, 0.05) is 19.5 Å². The number of alkyl carbamates (subject to hydrolysis) is 1. The van der Waals surface area contributed by atoms with Crippen molar-refractivity contribution in [2.45, 2.75) is 38.8 Å². The number of carbonyl (C=O) groups is 3. The van der Waals surface area contributed by atoms with Gasteiger partial charge >= 0.3 is 12.1 Å². The third-order valence-corrected chi connectivity index (χ3v) is 5.58. The Kier molecular flexibility index (Phi) is 8.80. The molecule has 1 atom stereocenters. The molecule has 0 aliphatic carbocycles. The molecule has 7 nitrogen and oxygen atoms in total. The Balaban J connectivity index is 1.63. The van der Waals surface area contributed by atoms with Crippen LogP contribution in [0.5, 0.6) is 0 Å². The van der Waals surface area contributed by atoms with Crippen LogP contribution < -0.4 is 5.32 Å². The minimum atomic E-state index is -0.877. The van der Waals surface area contributed by atoms with Gasteiger partial charge in [0.05, 0.1) is 12.5 Å². The van der Waals surface area contributed by atoms with E-state index in [1.807, 2.05) is 30.3 Å². The van der Waals surface area contributed by atoms with Crippen LogP contribution in [0.15, 0.2) is 54.6 Å². The summed E-state index contributed by atoms with van der Waals surface area (Å²) in [6, 6.07) is 14.1. The molecule has 1 saturated heterocycles. The molecule has 1 heterocycles. The highest BCUT2D eigenvalue weighted by Crippen LogP contribution is 2.20. The maximum absolute atomic E-state index is 13.3. The lowest BCUT2D eigenvalue weighted by molar-refractivity contribution is -0.151. The summed E-state index contributed by atoms with van der Waals surface area (Å²) in [4.78, 5) is 39.3. The number of nitrogens with one attached hydrogen (secondary N) is 1. The number of halogens is 1. The molecule has 1 fully saturated rings. The van der Waals surface area contributed by atoms with Gasteiger partial charge in [0.1, 0.15) is 18.5 Å². The topological polar surface area (TPSA) is 84.9 Å². The van der Waals surface area contributed by atoms with E-state index in [9.17, 15) is 18.8 Å². The SMILES string of the molecule is CCOC(=O)C1CCN(C(=O)[C@H](Cc2ccc(F)cc2)NC(=O)OCc2ccccc2)CC1. The van der Waals surface area contributed by atoms with Crippen molar-refractivity contribution in [3.63, 3.8) is 0 Å². The maximum Gasteiger partial charge on any atom is 0.408 e. The third kappa shape index (κ3) is 7.30. The van der Waals surface area contributed by atoms with E-state index in [1.54, 1.807) is 24.0 Å². The Morgan fingerprint density at radius 1 is 1.00 bits per heavy atom. The Bertz CT molecular complexity index is 928. The van der Waals surface area contributed by atoms with Gasteiger partial charge in [0.2, 0.25) is 5.91 Å². The third-order valence-electron chi connectivity index (χ3n) is 5.58. The van der Waals surface area contributed by atoms with E-state index in [0.29, 0.717) is 38.1 Å². The zero-order chi connectivity index (χ0) is 23.6. The fourth-order valence-electron chi connectivity index (χ4n) is 3.78. The first kappa shape index (κ1) is 24.2. The smallest absolute Gasteiger partial charge is 0.408 e. The zero-order valence-electron chi connectivity index (χ0n) is 18.7. The summed E-state index contributed by atoms with van der Waals surface area (Å²) < 4.78 is 23.7. The summed E-state index contributed by atoms with van der Waals surface area (Å²) in [5.74, 6) is -1.11. The summed E-state index contributed by atoms with van der Waals surface area (Å²) in [5, 5.41) is 2.66. The zero-order valence-corrected chi connectivity index (χ0v) is 18.7. The van der Waals surface area contributed by atoms with Crippen molar-refractivity contribution in [1.82, 2.24) is 10.2 Å². The molecule has 176 valence electrons. The molecule has 3 rings (SSSR count). The molecule has 0 saturated carbocycles. The van der Waals surface area contributed by atoms with Crippen molar-refractivity contribution in [2.24, 2.45) is 5.92 Å². The monoisotopic (exact) mass is 456 g/mol. The molecule has 1 aliphatic rings. The number of likely N-dealkylation sites (tertiary alicyclic amines) is 1. The molecule has 8 heteroatoms. The average Bonchev–Trinajstić information content (AvgIpc) is 2.84. The van der Waals surface area contributed by atoms with E-state index in [2.05, 4.69) is 5.32 Å². The van der Waals surface area contributed by atoms with Gasteiger partial charge in [-0.2, -0.15) is 0 Å². The lowest BCUT2D eigenvalue weighted by Gasteiger charge is -2.33. The van der Waals surface area contributed by atoms with Gasteiger partial charge in [-0.1, -0.05) is 42.5 Å². The molecule has 0 spiro atoms. The summed E-state index contributed by atoms with van der Waals surface area (Å²) >= 11 is 0. The summed E-state index contributed by atoms with van der Waals surface area (Å²) in [6.45, 7) is 2.95. The van der Waals surface area contributed by atoms with Crippen LogP contribution >= 0.6 is 0 Å². The predicted octanol–water partition coefficient (Wildman–Crippen LogP) is 3.46. The van der Waals surface area contributed by atoms with Gasteiger partial charge in [-0.15, -0.1) is 0 Å². The minimum Gasteiger partial charge on any atom is -0.466 e. The first-order valence-electron chi connectivity index (χ1n) is 11.1. The highest BCUT2D eigenvalue weighted by atomic mass is 19.1. The van der Waals surface area contributed by atoms with Crippen molar-refractivity contribution in [2.75, 3.05) is 19.7 Å². The van der Waals surface area contributed by atoms with Crippen molar-refractivity contribution >= 4 is 18.0 Å². The second-order valence-corrected chi connectivity index (χ2v) is 7.94. The fraction of sp³-hybridized carbons (Fsp3) is 0.400. The lowest BCUT2D eigenvalue weighted by atomic mass is 9.96. The molecule has 0 radical (unpaired) electrons. The number of nitrogens with zero attached hydrogens (tertiary/aromatic N) is 1. The number of amides is 2. The van der Waals surface area contributed by atoms with Gasteiger partial charge in [-0.05, 0) is 43.0 Å². The van der Waals surface area contributed by atoms with Crippen LogP contribution in [0.2, 0.25) is 0 Å². The predicted molar refractivity (Wildman–Crippen MR) is 120 cm³/mol. The molecule has 33 heavy (non-hydrogen) atoms. The van der Waals surface area contributed by atoms with E-state index < -0.39 is 12.1 Å². The average molecular weight is 457 g/mol. The number of rotatable bonds is 8. The van der Waals surface area contributed by atoms with Crippen LogP contribution in [-0.4, -0.2) is 48.6 Å². The van der Waals surface area contributed by atoms with Crippen LogP contribution in [-0.2, 0) is 32.1 Å². The van der Waals surface area contributed by atoms with Crippen molar-refractivity contribution in [3.8, 4) is 0 Å². The molecule has 2 aromatic carbocycles. The van der Waals surface area contributed by atoms with Gasteiger partial charge in [-0.25, -0.2) is 9.18 Å². The maximum atomic E-state index is 13.3. The molecular formula is C25H29FN2O5. The molecule has 0 aromatic heterocycles. The molecule has 0 unspecified atom stereocenters. The number of hydrogen-bond acceptors (Lipinski definition) is 5. The van der Waals surface area contributed by atoms with Gasteiger partial charge < -0.3 is 19.7 Å². The Morgan fingerprint density at radius 3 is 2.30 bits per heavy atom. The standard InChI is InChI=1S/C25H29FN2O5/c1-2-32-24(30)20-12-14-28(15-13-20)23(29)22(16-18-8-10-21(26)11-9-18)27-25(31)33-17-19-6-4-3-5-7-19/h3-11,20,22H,2,12-17H2,1H3,(H,27,31)/t22-/m0/s1. The van der Waals surface area contributed by atoms with Gasteiger partial charge in [0.25, 0.3) is 0 Å². The molecule has 2 aromatic rings. The molecule has 0 bridgehead atoms. The number of carbonyl (C=O) groups excluding carboxylic acids is 3. The van der Waals surface area contributed by atoms with E-state index in [4.69, 9.17) is 9.47 Å². The Morgan fingerprint density at radius 2 is 1.67 bits per heavy atom. The molecule has 2 amide bonds. The van der Waals surface area contributed by atoms with Crippen molar-refractivity contribution in [3.05, 3.63) is 71.5 Å². The first-order valence-corrected chi connectivity index (χ1v) is 11.1. The van der Waals surface area contributed by atoms with Crippen LogP contribution in [0.3, 0.4) is 0 Å². The lowest BCUT2D eigenvalue weighted by Crippen LogP contribution is -2.52. The van der Waals surface area contributed by atoms with Crippen molar-refractivity contribution < 1.29 is 28.2 Å². The van der Waals surface area contributed by atoms with Crippen LogP contribution in [0.1, 0.15) is 30.9 Å². The highest BCUT2D eigenvalue weighted by Gasteiger charge is 2.32. The number of hydrogen-bond donors (Lipinski definition) is 1. The normalized spacial score (nSPS) is 14.9. The van der Waals surface area contributed by atoms with Crippen molar-refractivity contribution in [1.29, 1.82) is 0 Å². The van der Waals surface area contributed by atoms with Crippen LogP contribution in [0.25, 0.3) is 0 Å². The minimum absolute atomic E-state index is 0.0784. The van der Waals surface area contributed by atoms with E-state index in [1.165, 1.54) is 12.1 Å². The van der Waals surface area contributed by atoms with E-state index >= 15 is 0 Å². The molecule has 1 aliphatic heterocycles. The quantitative estimate of drug-likeness (QED) is 0.615. The van der Waals surface area contributed by atoms with Gasteiger partial charge in [0.15, 0.2) is 0 Å². The summed E-state index contributed by atoms with van der Waals surface area (Å²) in [5.41, 5.74) is 1.54. The number of benzene rings is 2. The van der Waals surface area contributed by atoms with E-state index in [-0.39, 0.29) is 36.6 Å². The number of ether oxygens (including phenoxy) is 2. The molecular weight excluding hydrogens is 427 g/mol. The highest BCUT2D eigenvalue weighted by molar-refractivity contribution is 5.86. The number of piperidine rings is 1. The Labute approximate surface area is 192 Å². The second kappa shape index (κ2) is 12.0. The molecule has 1 N–H and O–H groups in total. The van der Waals surface area contributed by atoms with E-state index in [0.717, 1.165) is 5.56 Å². The Hall–Kier alpha value is -3.42. The summed E-state index contributed by atoms with van der Waals surface area (Å²) in [6.07, 6.45) is 0.497. The van der Waals surface area contributed by atoms with Gasteiger partial charge in [-0.3, -0.25) is 9.59 Å². The largest absolute Gasteiger partial charge is 0.466 e. The first-order chi connectivity index (χ1) is 16.0. The second-order valence-electron chi connectivity index (χ2n) is 7.94. The number of esters is 1.